The fourth-order valence-corrected chi connectivity index (χ4v) is 3.72. The van der Waals surface area contributed by atoms with E-state index in [4.69, 9.17) is 9.47 Å². The third kappa shape index (κ3) is 7.02. The molecule has 36 heavy (non-hydrogen) atoms. The first-order valence-electron chi connectivity index (χ1n) is 11.5. The fourth-order valence-electron chi connectivity index (χ4n) is 3.72. The number of halogens is 4. The number of benzene rings is 2. The van der Waals surface area contributed by atoms with Crippen molar-refractivity contribution in [1.82, 2.24) is 15.3 Å². The lowest BCUT2D eigenvalue weighted by Gasteiger charge is -2.11. The molecule has 0 fully saturated rings. The number of pyridine rings is 2. The van der Waals surface area contributed by atoms with Crippen molar-refractivity contribution in [3.8, 4) is 11.6 Å². The fraction of sp³-hybridized carbons (Fsp3) is 0.308. The Balaban J connectivity index is 1.12. The van der Waals surface area contributed by atoms with E-state index in [0.29, 0.717) is 44.4 Å². The van der Waals surface area contributed by atoms with Gasteiger partial charge in [-0.3, -0.25) is 4.98 Å². The number of hydrogen-bond donors (Lipinski definition) is 1. The number of nitrogens with zero attached hydrogens (tertiary/aromatic N) is 2. The number of para-hydroxylation sites is 1. The zero-order valence-corrected chi connectivity index (χ0v) is 19.4. The van der Waals surface area contributed by atoms with Gasteiger partial charge in [-0.1, -0.05) is 24.3 Å². The Kier molecular flexibility index (Phi) is 8.50. The molecule has 0 unspecified atom stereocenters. The van der Waals surface area contributed by atoms with Crippen LogP contribution in [0.3, 0.4) is 0 Å². The van der Waals surface area contributed by atoms with Gasteiger partial charge in [-0.2, -0.15) is 0 Å². The minimum absolute atomic E-state index is 0.333. The van der Waals surface area contributed by atoms with Crippen molar-refractivity contribution in [2.45, 2.75) is 25.7 Å². The van der Waals surface area contributed by atoms with Gasteiger partial charge in [0, 0.05) is 41.7 Å². The summed E-state index contributed by atoms with van der Waals surface area (Å²) in [6.07, 6.45) is 0.230. The second kappa shape index (κ2) is 12.0. The van der Waals surface area contributed by atoms with Crippen LogP contribution >= 0.6 is 0 Å². The smallest absolute Gasteiger partial charge is 0.475 e. The molecule has 0 aliphatic carbocycles. The monoisotopic (exact) mass is 503 g/mol. The first kappa shape index (κ1) is 25.6. The highest BCUT2D eigenvalue weighted by molar-refractivity contribution is 6.07. The summed E-state index contributed by atoms with van der Waals surface area (Å²) < 4.78 is 65.5. The average molecular weight is 503 g/mol. The normalized spacial score (nSPS) is 11.8. The van der Waals surface area contributed by atoms with Crippen molar-refractivity contribution in [3.63, 3.8) is 0 Å². The van der Waals surface area contributed by atoms with Gasteiger partial charge in [0.2, 0.25) is 5.88 Å². The highest BCUT2D eigenvalue weighted by Crippen LogP contribution is 2.30. The van der Waals surface area contributed by atoms with Crippen LogP contribution in [0.5, 0.6) is 11.6 Å². The molecule has 0 spiro atoms. The molecular formula is C26H25F4N3O3. The Bertz CT molecular complexity index is 1300. The van der Waals surface area contributed by atoms with Gasteiger partial charge in [-0.25, -0.2) is 9.37 Å². The summed E-state index contributed by atoms with van der Waals surface area (Å²) in [6, 6.07) is 13.1. The lowest BCUT2D eigenvalue weighted by Crippen LogP contribution is -2.18. The van der Waals surface area contributed by atoms with Crippen LogP contribution in [0.1, 0.15) is 18.4 Å². The number of rotatable bonds is 12. The molecular weight excluding hydrogens is 478 g/mol. The van der Waals surface area contributed by atoms with Gasteiger partial charge in [0.1, 0.15) is 6.61 Å². The summed E-state index contributed by atoms with van der Waals surface area (Å²) in [5, 5.41) is 6.04. The van der Waals surface area contributed by atoms with Crippen molar-refractivity contribution >= 4 is 21.7 Å². The summed E-state index contributed by atoms with van der Waals surface area (Å²) in [4.78, 5) is 8.85. The van der Waals surface area contributed by atoms with Crippen molar-refractivity contribution in [1.29, 1.82) is 0 Å². The lowest BCUT2D eigenvalue weighted by atomic mass is 10.1. The van der Waals surface area contributed by atoms with Gasteiger partial charge < -0.3 is 19.5 Å². The second-order valence-electron chi connectivity index (χ2n) is 8.01. The first-order chi connectivity index (χ1) is 17.4. The third-order valence-electron chi connectivity index (χ3n) is 5.38. The molecule has 0 saturated carbocycles. The van der Waals surface area contributed by atoms with Crippen LogP contribution in [-0.4, -0.2) is 42.7 Å². The van der Waals surface area contributed by atoms with E-state index in [1.165, 1.54) is 6.07 Å². The number of hydrogen-bond acceptors (Lipinski definition) is 6. The molecule has 2 heterocycles. The predicted octanol–water partition coefficient (Wildman–Crippen LogP) is 5.79. The molecule has 1 N–H and O–H groups in total. The lowest BCUT2D eigenvalue weighted by molar-refractivity contribution is -0.275. The largest absolute Gasteiger partial charge is 0.573 e. The minimum Gasteiger partial charge on any atom is -0.475 e. The van der Waals surface area contributed by atoms with Crippen LogP contribution in [0.2, 0.25) is 0 Å². The number of alkyl halides is 3. The quantitative estimate of drug-likeness (QED) is 0.150. The van der Waals surface area contributed by atoms with Crippen molar-refractivity contribution in [3.05, 3.63) is 72.3 Å². The molecule has 4 aromatic rings. The van der Waals surface area contributed by atoms with Crippen LogP contribution in [0, 0.1) is 5.82 Å². The predicted molar refractivity (Wildman–Crippen MR) is 127 cm³/mol. The number of nitrogens with one attached hydrogen (secondary N) is 1. The SMILES string of the molecule is Fc1cc(CNCCCCOCCOc2nc3ccccc3c3cnccc23)ccc1OC(F)(F)F. The van der Waals surface area contributed by atoms with Gasteiger partial charge >= 0.3 is 6.36 Å². The molecule has 0 atom stereocenters. The van der Waals surface area contributed by atoms with E-state index in [2.05, 4.69) is 20.0 Å². The molecule has 0 aliphatic heterocycles. The number of unbranched alkanes of at least 4 members (excludes halogenated alkanes) is 1. The highest BCUT2D eigenvalue weighted by Gasteiger charge is 2.32. The van der Waals surface area contributed by atoms with Crippen molar-refractivity contribution in [2.24, 2.45) is 0 Å². The van der Waals surface area contributed by atoms with E-state index < -0.39 is 17.9 Å². The van der Waals surface area contributed by atoms with E-state index in [-0.39, 0.29) is 0 Å². The van der Waals surface area contributed by atoms with Crippen LogP contribution in [0.25, 0.3) is 21.7 Å². The Hall–Kier alpha value is -3.50. The van der Waals surface area contributed by atoms with E-state index in [1.807, 2.05) is 36.5 Å². The zero-order chi connectivity index (χ0) is 25.4. The summed E-state index contributed by atoms with van der Waals surface area (Å²) >= 11 is 0. The summed E-state index contributed by atoms with van der Waals surface area (Å²) in [7, 11) is 0. The van der Waals surface area contributed by atoms with E-state index in [1.54, 1.807) is 6.20 Å². The van der Waals surface area contributed by atoms with E-state index in [0.717, 1.165) is 46.6 Å². The van der Waals surface area contributed by atoms with Gasteiger partial charge in [0.25, 0.3) is 0 Å². The Morgan fingerprint density at radius 2 is 1.75 bits per heavy atom. The topological polar surface area (TPSA) is 65.5 Å². The molecule has 0 bridgehead atoms. The van der Waals surface area contributed by atoms with Crippen LogP contribution < -0.4 is 14.8 Å². The number of fused-ring (bicyclic) bond motifs is 3. The number of aromatic nitrogens is 2. The third-order valence-corrected chi connectivity index (χ3v) is 5.38. The Morgan fingerprint density at radius 1 is 0.889 bits per heavy atom. The molecule has 0 radical (unpaired) electrons. The standard InChI is InChI=1S/C26H25F4N3O3/c27-22-15-18(7-8-24(22)36-26(28,29)30)16-31-10-3-4-12-34-13-14-35-25-20-9-11-32-17-21(20)19-5-1-2-6-23(19)33-25/h1-2,5-9,11,15,17,31H,3-4,10,12-14,16H2. The zero-order valence-electron chi connectivity index (χ0n) is 19.4. The van der Waals surface area contributed by atoms with Crippen LogP contribution in [0.4, 0.5) is 17.6 Å². The molecule has 6 nitrogen and oxygen atoms in total. The van der Waals surface area contributed by atoms with Crippen LogP contribution in [-0.2, 0) is 11.3 Å². The number of ether oxygens (including phenoxy) is 3. The highest BCUT2D eigenvalue weighted by atomic mass is 19.4. The maximum absolute atomic E-state index is 13.7. The summed E-state index contributed by atoms with van der Waals surface area (Å²) in [5.74, 6) is -1.34. The Morgan fingerprint density at radius 3 is 2.58 bits per heavy atom. The summed E-state index contributed by atoms with van der Waals surface area (Å²) in [6.45, 7) is 2.32. The van der Waals surface area contributed by atoms with Gasteiger partial charge in [0.05, 0.1) is 12.1 Å². The Labute approximate surface area is 205 Å². The van der Waals surface area contributed by atoms with Gasteiger partial charge in [0.15, 0.2) is 11.6 Å². The van der Waals surface area contributed by atoms with E-state index in [9.17, 15) is 17.6 Å². The van der Waals surface area contributed by atoms with Crippen LogP contribution in [0.15, 0.2) is 60.9 Å². The molecule has 2 aromatic carbocycles. The van der Waals surface area contributed by atoms with Crippen molar-refractivity contribution in [2.75, 3.05) is 26.4 Å². The average Bonchev–Trinajstić information content (AvgIpc) is 2.86. The van der Waals surface area contributed by atoms with Gasteiger partial charge in [-0.15, -0.1) is 13.2 Å². The molecule has 0 saturated heterocycles. The van der Waals surface area contributed by atoms with Gasteiger partial charge in [-0.05, 0) is 49.2 Å². The molecule has 4 rings (SSSR count). The maximum atomic E-state index is 13.7. The van der Waals surface area contributed by atoms with E-state index >= 15 is 0 Å². The first-order valence-corrected chi connectivity index (χ1v) is 11.5. The second-order valence-corrected chi connectivity index (χ2v) is 8.01. The molecule has 190 valence electrons. The maximum Gasteiger partial charge on any atom is 0.573 e. The molecule has 10 heteroatoms. The minimum atomic E-state index is -4.92. The molecule has 0 aliphatic rings. The van der Waals surface area contributed by atoms with Crippen molar-refractivity contribution < 1.29 is 31.8 Å². The molecule has 2 aromatic heterocycles. The summed E-state index contributed by atoms with van der Waals surface area (Å²) in [5.41, 5.74) is 1.37. The molecule has 0 amide bonds.